The third-order valence-electron chi connectivity index (χ3n) is 13.3. The maximum atomic E-state index is 11.3. The van der Waals surface area contributed by atoms with Crippen molar-refractivity contribution in [2.24, 2.45) is 0 Å². The molecule has 11 rings (SSSR count). The molecule has 0 atom stereocenters. The second kappa shape index (κ2) is 37.5. The highest BCUT2D eigenvalue weighted by molar-refractivity contribution is 5.93. The van der Waals surface area contributed by atoms with E-state index in [1.807, 2.05) is 42.5 Å². The van der Waals surface area contributed by atoms with Crippen LogP contribution in [0.3, 0.4) is 0 Å². The summed E-state index contributed by atoms with van der Waals surface area (Å²) in [6.07, 6.45) is 9.79. The molecule has 41 heteroatoms. The second-order valence-electron chi connectivity index (χ2n) is 22.1. The number of carboxylic acids is 7. The predicted molar refractivity (Wildman–Crippen MR) is 335 cm³/mol. The number of aromatic nitrogens is 25. The molecular formula is C64H51N25O16-4. The highest BCUT2D eigenvalue weighted by atomic mass is 16.4. The standard InChI is InChI=1S/C22H20N12O5.C20H14N4O8.C15H13N5.C7H8N4O3/c1-11(35)2-15-23-25-16(26-24-15)6-12-3-13(7-17-27-31-19(32-28-17)9-21(36)37)5-14(4-12)8-18-29-33-20(34-30-18)10-22(38)39;25-17(26)11-1-9(2-12(7-11)18(27)28)5-15-21-23-16(24-22-15)6-10-3-13(19(29)30)8-14(4-10)20(31)32;1-5-16-6-2-12(1)9-14-11-18-15(20-19-14)10-13-3-7-17-8-4-13;1-4(12)2-5-8-10-6(11-9-5)3-7(13)14/h3-5H,2,6-10H2,1H3,(H,36,37)(H,38,39);1-4,7-8H,5-6H2,(H,25,26)(H,27,28)(H,29,30)(H,31,32);1-8,11H,9-10H2;2-3H2,1H3,(H,13,14)/p-4. The van der Waals surface area contributed by atoms with Crippen molar-refractivity contribution in [3.8, 4) is 0 Å². The Kier molecular flexibility index (Phi) is 27.1. The average molecular weight is 1430 g/mol. The summed E-state index contributed by atoms with van der Waals surface area (Å²) in [5.74, 6) is -7.60. The minimum Gasteiger partial charge on any atom is -0.545 e. The molecule has 0 unspecified atom stereocenters. The smallest absolute Gasteiger partial charge is 0.311 e. The molecule has 0 saturated heterocycles. The number of Topliss-reactive ketones (excluding diaryl/α,β-unsaturated/α-hetero) is 2. The molecule has 8 heterocycles. The number of aliphatic carboxylic acids is 3. The van der Waals surface area contributed by atoms with Gasteiger partial charge in [-0.05, 0) is 136 Å². The number of carbonyl (C=O) groups is 9. The zero-order chi connectivity index (χ0) is 75.4. The zero-order valence-corrected chi connectivity index (χ0v) is 54.7. The first-order valence-electron chi connectivity index (χ1n) is 30.4. The molecule has 11 aromatic rings. The van der Waals surface area contributed by atoms with E-state index in [1.54, 1.807) is 31.0 Å². The Hall–Kier alpha value is -14.7. The Bertz CT molecular complexity index is 4440. The summed E-state index contributed by atoms with van der Waals surface area (Å²) in [6, 6.07) is 20.0. The van der Waals surface area contributed by atoms with Gasteiger partial charge in [-0.25, -0.2) is 4.98 Å². The van der Waals surface area contributed by atoms with Gasteiger partial charge in [-0.15, -0.1) is 107 Å². The van der Waals surface area contributed by atoms with E-state index in [1.165, 1.54) is 38.1 Å². The summed E-state index contributed by atoms with van der Waals surface area (Å²) in [4.78, 5) is 110. The fraction of sp³-hybridized carbons (Fsp3) is 0.219. The van der Waals surface area contributed by atoms with Gasteiger partial charge in [-0.3, -0.25) is 33.9 Å². The third-order valence-corrected chi connectivity index (χ3v) is 13.3. The lowest BCUT2D eigenvalue weighted by Gasteiger charge is -2.11. The molecule has 8 aromatic heterocycles. The van der Waals surface area contributed by atoms with E-state index in [-0.39, 0.29) is 162 Å². The zero-order valence-electron chi connectivity index (χ0n) is 54.7. The lowest BCUT2D eigenvalue weighted by atomic mass is 9.99. The summed E-state index contributed by atoms with van der Waals surface area (Å²) < 4.78 is 0. The van der Waals surface area contributed by atoms with Gasteiger partial charge in [0.15, 0.2) is 64.1 Å². The van der Waals surface area contributed by atoms with E-state index in [0.29, 0.717) is 12.2 Å². The maximum Gasteiger partial charge on any atom is 0.311 e. The van der Waals surface area contributed by atoms with Crippen molar-refractivity contribution < 1.29 is 78.9 Å². The highest BCUT2D eigenvalue weighted by Gasteiger charge is 2.16. The Labute approximate surface area is 589 Å². The molecule has 0 bridgehead atoms. The normalized spacial score (nSPS) is 10.5. The van der Waals surface area contributed by atoms with Crippen molar-refractivity contribution in [3.05, 3.63) is 241 Å². The summed E-state index contributed by atoms with van der Waals surface area (Å²) >= 11 is 0. The predicted octanol–water partition coefficient (Wildman–Crippen LogP) is -4.64. The Morgan fingerprint density at radius 2 is 0.505 bits per heavy atom. The molecule has 0 aliphatic heterocycles. The number of hydrogen-bond acceptors (Lipinski definition) is 38. The van der Waals surface area contributed by atoms with E-state index in [2.05, 4.69) is 127 Å². The van der Waals surface area contributed by atoms with Gasteiger partial charge in [0.05, 0.1) is 48.6 Å². The van der Waals surface area contributed by atoms with Crippen LogP contribution >= 0.6 is 0 Å². The lowest BCUT2D eigenvalue weighted by molar-refractivity contribution is -0.257. The van der Waals surface area contributed by atoms with Crippen molar-refractivity contribution in [2.75, 3.05) is 0 Å². The van der Waals surface area contributed by atoms with Crippen molar-refractivity contribution in [1.29, 1.82) is 0 Å². The monoisotopic (exact) mass is 1430 g/mol. The number of pyridine rings is 2. The van der Waals surface area contributed by atoms with Crippen LogP contribution in [0.2, 0.25) is 0 Å². The number of rotatable bonds is 28. The van der Waals surface area contributed by atoms with Gasteiger partial charge in [0.25, 0.3) is 0 Å². The first-order valence-corrected chi connectivity index (χ1v) is 30.4. The van der Waals surface area contributed by atoms with Crippen molar-refractivity contribution in [3.63, 3.8) is 0 Å². The van der Waals surface area contributed by atoms with E-state index < -0.39 is 41.8 Å². The van der Waals surface area contributed by atoms with Gasteiger partial charge in [0.2, 0.25) is 0 Å². The third kappa shape index (κ3) is 26.2. The molecule has 0 spiro atoms. The highest BCUT2D eigenvalue weighted by Crippen LogP contribution is 2.19. The van der Waals surface area contributed by atoms with Gasteiger partial charge in [-0.2, -0.15) is 5.10 Å². The Morgan fingerprint density at radius 3 is 0.743 bits per heavy atom. The number of hydrogen-bond donors (Lipinski definition) is 3. The largest absolute Gasteiger partial charge is 0.545 e. The second-order valence-corrected chi connectivity index (χ2v) is 22.1. The van der Waals surface area contributed by atoms with Gasteiger partial charge >= 0.3 is 17.9 Å². The van der Waals surface area contributed by atoms with E-state index in [4.69, 9.17) is 15.3 Å². The molecule has 0 fully saturated rings. The van der Waals surface area contributed by atoms with Crippen LogP contribution in [0.1, 0.15) is 164 Å². The molecule has 0 aliphatic rings. The number of nitrogens with zero attached hydrogens (tertiary/aromatic N) is 25. The average Bonchev–Trinajstić information content (AvgIpc) is 0.899. The van der Waals surface area contributed by atoms with Crippen LogP contribution in [0.25, 0.3) is 0 Å². The van der Waals surface area contributed by atoms with Gasteiger partial charge in [0, 0.05) is 69.7 Å². The van der Waals surface area contributed by atoms with Crippen molar-refractivity contribution >= 4 is 53.4 Å². The topological polar surface area (TPSA) is 629 Å². The molecule has 0 aliphatic carbocycles. The molecule has 3 aromatic carbocycles. The number of ketones is 2. The fourth-order valence-corrected chi connectivity index (χ4v) is 8.91. The summed E-state index contributed by atoms with van der Waals surface area (Å²) in [5.41, 5.74) is 4.49. The molecule has 0 saturated carbocycles. The minimum absolute atomic E-state index is 0.00504. The first-order chi connectivity index (χ1) is 50.3. The Balaban J connectivity index is 0.000000189. The quantitative estimate of drug-likeness (QED) is 0.0415. The van der Waals surface area contributed by atoms with E-state index in [0.717, 1.165) is 57.9 Å². The van der Waals surface area contributed by atoms with Gasteiger partial charge in [-0.1, -0.05) is 18.2 Å². The van der Waals surface area contributed by atoms with Crippen molar-refractivity contribution in [2.45, 2.75) is 90.9 Å². The molecule has 41 nitrogen and oxygen atoms in total. The number of benzene rings is 3. The summed E-state index contributed by atoms with van der Waals surface area (Å²) in [5, 5.41) is 155. The van der Waals surface area contributed by atoms with Crippen LogP contribution in [0, 0.1) is 0 Å². The van der Waals surface area contributed by atoms with Crippen LogP contribution in [0.15, 0.2) is 110 Å². The summed E-state index contributed by atoms with van der Waals surface area (Å²) in [6.45, 7) is 2.82. The van der Waals surface area contributed by atoms with Crippen LogP contribution in [-0.2, 0) is 101 Å². The minimum atomic E-state index is -1.57. The van der Waals surface area contributed by atoms with Gasteiger partial charge in [0.1, 0.15) is 30.8 Å². The SMILES string of the molecule is CC(=O)Cc1nnc(CC(=O)O)nn1.CC(=O)Cc1nnc(Cc2cc(Cc3nnc(CC(=O)O)nn3)cc(Cc3nnc(CC(=O)O)nn3)c2)nn1.O=C([O-])c1cc(Cc2nnc(Cc3cc(C(=O)[O-])cc(C(=O)[O-])c3)nn2)cc(C(=O)[O-])c1.c1cc(Cc2cnc(Cc3ccncc3)nn2)ccn1. The molecule has 0 radical (unpaired) electrons. The number of carbonyl (C=O) groups excluding carboxylic acids is 6. The van der Waals surface area contributed by atoms with Crippen LogP contribution in [-0.4, -0.2) is 196 Å². The Morgan fingerprint density at radius 1 is 0.276 bits per heavy atom. The fourth-order valence-electron chi connectivity index (χ4n) is 8.91. The van der Waals surface area contributed by atoms with E-state index in [9.17, 15) is 63.6 Å². The van der Waals surface area contributed by atoms with Crippen molar-refractivity contribution in [1.82, 2.24) is 127 Å². The number of aromatic carboxylic acids is 4. The molecule has 105 heavy (non-hydrogen) atoms. The van der Waals surface area contributed by atoms with Crippen LogP contribution < -0.4 is 20.4 Å². The summed E-state index contributed by atoms with van der Waals surface area (Å²) in [7, 11) is 0. The molecule has 532 valence electrons. The van der Waals surface area contributed by atoms with Gasteiger partial charge < -0.3 is 54.9 Å². The molecular weight excluding hydrogens is 1370 g/mol. The molecule has 3 N–H and O–H groups in total. The molecule has 0 amide bonds. The van der Waals surface area contributed by atoms with Crippen LogP contribution in [0.5, 0.6) is 0 Å². The first kappa shape index (κ1) is 76.1. The van der Waals surface area contributed by atoms with Crippen LogP contribution in [0.4, 0.5) is 0 Å². The van der Waals surface area contributed by atoms with E-state index >= 15 is 0 Å². The lowest BCUT2D eigenvalue weighted by Crippen LogP contribution is -2.26. The number of carboxylic acid groups (broad SMARTS) is 7. The maximum absolute atomic E-state index is 11.3.